The van der Waals surface area contributed by atoms with Crippen molar-refractivity contribution in [3.05, 3.63) is 44.5 Å². The van der Waals surface area contributed by atoms with E-state index in [-0.39, 0.29) is 0 Å². The van der Waals surface area contributed by atoms with Gasteiger partial charge in [-0.2, -0.15) is 0 Å². The van der Waals surface area contributed by atoms with Crippen molar-refractivity contribution < 1.29 is 0 Å². The Morgan fingerprint density at radius 3 is 2.71 bits per heavy atom. The van der Waals surface area contributed by atoms with Crippen LogP contribution >= 0.6 is 34.2 Å². The molecule has 1 fully saturated rings. The molecule has 0 aliphatic carbocycles. The van der Waals surface area contributed by atoms with Crippen LogP contribution in [0.25, 0.3) is 0 Å². The Kier molecular flexibility index (Phi) is 3.46. The highest BCUT2D eigenvalue weighted by Gasteiger charge is 2.35. The first-order valence-electron chi connectivity index (χ1n) is 6.09. The van der Waals surface area contributed by atoms with Crippen molar-refractivity contribution in [2.24, 2.45) is 0 Å². The van der Waals surface area contributed by atoms with Gasteiger partial charge in [0.15, 0.2) is 0 Å². The van der Waals surface area contributed by atoms with Gasteiger partial charge >= 0.3 is 0 Å². The third-order valence-corrected chi connectivity index (χ3v) is 4.82. The molecule has 1 aromatic rings. The Morgan fingerprint density at radius 2 is 2.00 bits per heavy atom. The molecule has 3 heteroatoms. The number of halogens is 2. The fourth-order valence-electron chi connectivity index (χ4n) is 2.91. The molecule has 90 valence electrons. The van der Waals surface area contributed by atoms with Gasteiger partial charge in [0.05, 0.1) is 0 Å². The minimum atomic E-state index is 0.663. The van der Waals surface area contributed by atoms with E-state index >= 15 is 0 Å². The molecule has 0 amide bonds. The third-order valence-electron chi connectivity index (χ3n) is 3.77. The first-order valence-corrected chi connectivity index (χ1v) is 7.54. The van der Waals surface area contributed by atoms with Crippen LogP contribution in [-0.4, -0.2) is 17.0 Å². The maximum atomic E-state index is 5.92. The molecule has 2 aliphatic heterocycles. The molecule has 2 unspecified atom stereocenters. The fourth-order valence-corrected chi connectivity index (χ4v) is 3.96. The van der Waals surface area contributed by atoms with E-state index in [0.717, 1.165) is 17.6 Å². The van der Waals surface area contributed by atoms with Gasteiger partial charge in [0.2, 0.25) is 0 Å². The lowest BCUT2D eigenvalue weighted by Gasteiger charge is -2.32. The monoisotopic (exact) mass is 359 g/mol. The van der Waals surface area contributed by atoms with Gasteiger partial charge in [-0.3, -0.25) is 4.90 Å². The number of nitrogens with zero attached hydrogens (tertiary/aromatic N) is 1. The zero-order chi connectivity index (χ0) is 11.8. The summed E-state index contributed by atoms with van der Waals surface area (Å²) in [6, 6.07) is 9.68. The summed E-state index contributed by atoms with van der Waals surface area (Å²) in [5.41, 5.74) is 1.37. The maximum absolute atomic E-state index is 5.92. The Labute approximate surface area is 121 Å². The molecule has 0 N–H and O–H groups in total. The van der Waals surface area contributed by atoms with Crippen LogP contribution in [0.5, 0.6) is 0 Å². The number of rotatable bonds is 2. The first kappa shape index (κ1) is 12.0. The Bertz CT molecular complexity index is 440. The average Bonchev–Trinajstić information content (AvgIpc) is 2.56. The van der Waals surface area contributed by atoms with Gasteiger partial charge in [-0.1, -0.05) is 29.8 Å². The van der Waals surface area contributed by atoms with Crippen LogP contribution < -0.4 is 0 Å². The van der Waals surface area contributed by atoms with Gasteiger partial charge in [-0.15, -0.1) is 0 Å². The van der Waals surface area contributed by atoms with Crippen molar-refractivity contribution in [3.63, 3.8) is 0 Å². The summed E-state index contributed by atoms with van der Waals surface area (Å²) in [6.07, 6.45) is 6.36. The minimum Gasteiger partial charge on any atom is -0.289 e. The number of hydrogen-bond donors (Lipinski definition) is 0. The predicted octanol–water partition coefficient (Wildman–Crippen LogP) is 4.40. The van der Waals surface area contributed by atoms with E-state index in [1.165, 1.54) is 24.8 Å². The average molecular weight is 360 g/mol. The lowest BCUT2D eigenvalue weighted by atomic mass is 10.1. The highest BCUT2D eigenvalue weighted by atomic mass is 127. The van der Waals surface area contributed by atoms with Crippen LogP contribution in [0.2, 0.25) is 5.02 Å². The van der Waals surface area contributed by atoms with E-state index in [2.05, 4.69) is 45.7 Å². The van der Waals surface area contributed by atoms with Crippen LogP contribution in [0.15, 0.2) is 33.9 Å². The minimum absolute atomic E-state index is 0.663. The standard InChI is InChI=1S/C14H15ClIN/c15-11-3-1-10(2-4-11)9-17-13-5-6-14(17)8-12(16)7-13/h1-4,7,13-14H,5-6,8-9H2. The van der Waals surface area contributed by atoms with Crippen LogP contribution in [0, 0.1) is 0 Å². The van der Waals surface area contributed by atoms with Gasteiger partial charge in [0, 0.05) is 23.7 Å². The lowest BCUT2D eigenvalue weighted by molar-refractivity contribution is 0.199. The van der Waals surface area contributed by atoms with Crippen LogP contribution in [0.4, 0.5) is 0 Å². The van der Waals surface area contributed by atoms with E-state index in [1.54, 1.807) is 3.58 Å². The molecular weight excluding hydrogens is 345 g/mol. The molecule has 0 aromatic heterocycles. The largest absolute Gasteiger partial charge is 0.289 e. The second kappa shape index (κ2) is 4.90. The van der Waals surface area contributed by atoms with Gasteiger partial charge in [0.1, 0.15) is 0 Å². The molecule has 17 heavy (non-hydrogen) atoms. The zero-order valence-electron chi connectivity index (χ0n) is 9.57. The Balaban J connectivity index is 1.76. The fraction of sp³-hybridized carbons (Fsp3) is 0.429. The normalized spacial score (nSPS) is 28.2. The quantitative estimate of drug-likeness (QED) is 0.708. The van der Waals surface area contributed by atoms with Crippen LogP contribution in [-0.2, 0) is 6.54 Å². The van der Waals surface area contributed by atoms with Gasteiger partial charge in [0.25, 0.3) is 0 Å². The van der Waals surface area contributed by atoms with Crippen LogP contribution in [0.1, 0.15) is 24.8 Å². The van der Waals surface area contributed by atoms with E-state index in [0.29, 0.717) is 6.04 Å². The lowest BCUT2D eigenvalue weighted by Crippen LogP contribution is -2.37. The van der Waals surface area contributed by atoms with E-state index in [4.69, 9.17) is 11.6 Å². The molecular formula is C14H15ClIN. The van der Waals surface area contributed by atoms with E-state index in [9.17, 15) is 0 Å². The van der Waals surface area contributed by atoms with Crippen molar-refractivity contribution in [2.75, 3.05) is 0 Å². The molecule has 0 saturated carbocycles. The zero-order valence-corrected chi connectivity index (χ0v) is 12.5. The summed E-state index contributed by atoms with van der Waals surface area (Å²) in [5.74, 6) is 0. The predicted molar refractivity (Wildman–Crippen MR) is 80.5 cm³/mol. The second-order valence-corrected chi connectivity index (χ2v) is 6.74. The molecule has 1 saturated heterocycles. The van der Waals surface area contributed by atoms with Crippen molar-refractivity contribution in [1.82, 2.24) is 4.90 Å². The summed E-state index contributed by atoms with van der Waals surface area (Å²) in [4.78, 5) is 2.64. The van der Waals surface area contributed by atoms with Crippen molar-refractivity contribution in [3.8, 4) is 0 Å². The topological polar surface area (TPSA) is 3.24 Å². The smallest absolute Gasteiger partial charge is 0.0406 e. The first-order chi connectivity index (χ1) is 8.22. The summed E-state index contributed by atoms with van der Waals surface area (Å²) in [6.45, 7) is 1.06. The summed E-state index contributed by atoms with van der Waals surface area (Å²) >= 11 is 8.41. The molecule has 0 spiro atoms. The summed E-state index contributed by atoms with van der Waals surface area (Å²) < 4.78 is 1.54. The molecule has 2 bridgehead atoms. The molecule has 1 nitrogen and oxygen atoms in total. The van der Waals surface area contributed by atoms with E-state index < -0.39 is 0 Å². The van der Waals surface area contributed by atoms with Gasteiger partial charge < -0.3 is 0 Å². The SMILES string of the molecule is Clc1ccc(CN2C3C=C(I)CC2CC3)cc1. The Hall–Kier alpha value is -0.0600. The highest BCUT2D eigenvalue weighted by Crippen LogP contribution is 2.37. The Morgan fingerprint density at radius 1 is 1.24 bits per heavy atom. The highest BCUT2D eigenvalue weighted by molar-refractivity contribution is 14.1. The number of benzene rings is 1. The van der Waals surface area contributed by atoms with E-state index in [1.807, 2.05) is 12.1 Å². The summed E-state index contributed by atoms with van der Waals surface area (Å²) in [7, 11) is 0. The third kappa shape index (κ3) is 2.54. The second-order valence-electron chi connectivity index (χ2n) is 4.91. The maximum Gasteiger partial charge on any atom is 0.0406 e. The van der Waals surface area contributed by atoms with Crippen molar-refractivity contribution >= 4 is 34.2 Å². The van der Waals surface area contributed by atoms with Gasteiger partial charge in [-0.05, 0) is 63.1 Å². The van der Waals surface area contributed by atoms with Gasteiger partial charge in [-0.25, -0.2) is 0 Å². The number of hydrogen-bond acceptors (Lipinski definition) is 1. The van der Waals surface area contributed by atoms with Crippen molar-refractivity contribution in [2.45, 2.75) is 37.9 Å². The molecule has 1 aromatic carbocycles. The molecule has 2 heterocycles. The number of fused-ring (bicyclic) bond motifs is 2. The van der Waals surface area contributed by atoms with Crippen molar-refractivity contribution in [1.29, 1.82) is 0 Å². The molecule has 2 atom stereocenters. The summed E-state index contributed by atoms with van der Waals surface area (Å²) in [5, 5.41) is 0.824. The molecule has 2 aliphatic rings. The molecule has 0 radical (unpaired) electrons. The molecule has 3 rings (SSSR count). The van der Waals surface area contributed by atoms with Crippen LogP contribution in [0.3, 0.4) is 0 Å².